The summed E-state index contributed by atoms with van der Waals surface area (Å²) in [7, 11) is 0. The van der Waals surface area contributed by atoms with Gasteiger partial charge in [-0.15, -0.1) is 0 Å². The zero-order valence-corrected chi connectivity index (χ0v) is 16.5. The van der Waals surface area contributed by atoms with Crippen LogP contribution in [-0.4, -0.2) is 23.3 Å². The molecule has 0 bridgehead atoms. The quantitative estimate of drug-likeness (QED) is 0.600. The number of amides is 2. The van der Waals surface area contributed by atoms with Gasteiger partial charge in [0.05, 0.1) is 0 Å². The van der Waals surface area contributed by atoms with Gasteiger partial charge in [0, 0.05) is 18.3 Å². The van der Waals surface area contributed by atoms with E-state index in [1.165, 1.54) is 12.3 Å². The number of carbonyl (C=O) groups is 2. The number of aryl methyl sites for hydroxylation is 1. The fraction of sp³-hybridized carbons (Fsp3) is 0.174. The standard InChI is InChI=1S/C23H22FN3O3/c1-15-5-6-18(13-20(15)24)23(29)27-10-7-16-3-2-4-19(11-16)30-14-17-8-9-26-21(12-17)22(25)28/h2-6,8-9,11-13H,7,10,14H2,1H3,(H2,25,28)(H,27,29). The summed E-state index contributed by atoms with van der Waals surface area (Å²) >= 11 is 0. The number of nitrogens with one attached hydrogen (secondary N) is 1. The maximum atomic E-state index is 13.6. The van der Waals surface area contributed by atoms with Crippen molar-refractivity contribution < 1.29 is 18.7 Å². The third kappa shape index (κ3) is 5.64. The number of halogens is 1. The Bertz CT molecular complexity index is 1070. The molecule has 1 heterocycles. The maximum Gasteiger partial charge on any atom is 0.267 e. The van der Waals surface area contributed by atoms with E-state index in [1.807, 2.05) is 24.3 Å². The van der Waals surface area contributed by atoms with Crippen LogP contribution in [0.3, 0.4) is 0 Å². The first-order chi connectivity index (χ1) is 14.4. The highest BCUT2D eigenvalue weighted by Gasteiger charge is 2.08. The fourth-order valence-electron chi connectivity index (χ4n) is 2.81. The van der Waals surface area contributed by atoms with Crippen LogP contribution in [-0.2, 0) is 13.0 Å². The van der Waals surface area contributed by atoms with Crippen molar-refractivity contribution in [3.63, 3.8) is 0 Å². The molecule has 0 saturated carbocycles. The molecule has 0 aliphatic carbocycles. The van der Waals surface area contributed by atoms with Crippen molar-refractivity contribution in [3.05, 3.63) is 94.6 Å². The third-order valence-electron chi connectivity index (χ3n) is 4.51. The second kappa shape index (κ2) is 9.65. The summed E-state index contributed by atoms with van der Waals surface area (Å²) in [5.41, 5.74) is 7.98. The molecule has 0 atom stereocenters. The number of hydrogen-bond acceptors (Lipinski definition) is 4. The molecule has 0 spiro atoms. The molecule has 6 nitrogen and oxygen atoms in total. The normalized spacial score (nSPS) is 10.5. The Kier molecular flexibility index (Phi) is 6.75. The summed E-state index contributed by atoms with van der Waals surface area (Å²) < 4.78 is 19.4. The van der Waals surface area contributed by atoms with Crippen LogP contribution < -0.4 is 15.8 Å². The Morgan fingerprint density at radius 3 is 2.70 bits per heavy atom. The van der Waals surface area contributed by atoms with E-state index in [2.05, 4.69) is 10.3 Å². The van der Waals surface area contributed by atoms with Crippen molar-refractivity contribution in [2.45, 2.75) is 20.0 Å². The Morgan fingerprint density at radius 1 is 1.10 bits per heavy atom. The second-order valence-corrected chi connectivity index (χ2v) is 6.82. The first-order valence-electron chi connectivity index (χ1n) is 9.43. The van der Waals surface area contributed by atoms with Crippen molar-refractivity contribution in [1.82, 2.24) is 10.3 Å². The lowest BCUT2D eigenvalue weighted by atomic mass is 10.1. The monoisotopic (exact) mass is 407 g/mol. The lowest BCUT2D eigenvalue weighted by Crippen LogP contribution is -2.25. The number of pyridine rings is 1. The van der Waals surface area contributed by atoms with Gasteiger partial charge in [-0.05, 0) is 66.4 Å². The highest BCUT2D eigenvalue weighted by molar-refractivity contribution is 5.94. The predicted molar refractivity (Wildman–Crippen MR) is 111 cm³/mol. The average molecular weight is 407 g/mol. The molecular weight excluding hydrogens is 385 g/mol. The second-order valence-electron chi connectivity index (χ2n) is 6.82. The van der Waals surface area contributed by atoms with Crippen LogP contribution in [0.15, 0.2) is 60.8 Å². The largest absolute Gasteiger partial charge is 0.489 e. The van der Waals surface area contributed by atoms with Crippen molar-refractivity contribution in [2.75, 3.05) is 6.54 Å². The van der Waals surface area contributed by atoms with Gasteiger partial charge in [-0.3, -0.25) is 14.6 Å². The summed E-state index contributed by atoms with van der Waals surface area (Å²) in [4.78, 5) is 27.3. The molecule has 30 heavy (non-hydrogen) atoms. The number of ether oxygens (including phenoxy) is 1. The van der Waals surface area contributed by atoms with Crippen LogP contribution in [0.2, 0.25) is 0 Å². The van der Waals surface area contributed by atoms with Crippen molar-refractivity contribution in [3.8, 4) is 5.75 Å². The SMILES string of the molecule is Cc1ccc(C(=O)NCCc2cccc(OCc3ccnc(C(N)=O)c3)c2)cc1F. The van der Waals surface area contributed by atoms with Gasteiger partial charge < -0.3 is 15.8 Å². The number of benzene rings is 2. The minimum absolute atomic E-state index is 0.189. The van der Waals surface area contributed by atoms with Crippen molar-refractivity contribution in [1.29, 1.82) is 0 Å². The molecule has 3 rings (SSSR count). The topological polar surface area (TPSA) is 94.3 Å². The molecule has 0 radical (unpaired) electrons. The van der Waals surface area contributed by atoms with Gasteiger partial charge in [0.15, 0.2) is 0 Å². The smallest absolute Gasteiger partial charge is 0.267 e. The summed E-state index contributed by atoms with van der Waals surface area (Å²) in [6.45, 7) is 2.32. The summed E-state index contributed by atoms with van der Waals surface area (Å²) in [6.07, 6.45) is 2.11. The van der Waals surface area contributed by atoms with Crippen LogP contribution in [0, 0.1) is 12.7 Å². The number of aromatic nitrogens is 1. The maximum absolute atomic E-state index is 13.6. The fourth-order valence-corrected chi connectivity index (χ4v) is 2.81. The zero-order chi connectivity index (χ0) is 21.5. The molecule has 2 amide bonds. The Morgan fingerprint density at radius 2 is 1.93 bits per heavy atom. The minimum atomic E-state index is -0.589. The summed E-state index contributed by atoms with van der Waals surface area (Å²) in [5.74, 6) is -0.639. The number of hydrogen-bond donors (Lipinski definition) is 2. The van der Waals surface area contributed by atoms with E-state index in [1.54, 1.807) is 31.2 Å². The third-order valence-corrected chi connectivity index (χ3v) is 4.51. The van der Waals surface area contributed by atoms with E-state index in [0.717, 1.165) is 11.1 Å². The molecule has 7 heteroatoms. The summed E-state index contributed by atoms with van der Waals surface area (Å²) in [5, 5.41) is 2.79. The van der Waals surface area contributed by atoms with E-state index >= 15 is 0 Å². The molecule has 0 aliphatic heterocycles. The van der Waals surface area contributed by atoms with Gasteiger partial charge in [-0.1, -0.05) is 18.2 Å². The van der Waals surface area contributed by atoms with Crippen LogP contribution in [0.25, 0.3) is 0 Å². The molecule has 0 aliphatic rings. The van der Waals surface area contributed by atoms with Gasteiger partial charge in [0.25, 0.3) is 11.8 Å². The van der Waals surface area contributed by atoms with Gasteiger partial charge in [-0.2, -0.15) is 0 Å². The number of carbonyl (C=O) groups excluding carboxylic acids is 2. The average Bonchev–Trinajstić information content (AvgIpc) is 2.74. The van der Waals surface area contributed by atoms with Gasteiger partial charge in [0.2, 0.25) is 0 Å². The van der Waals surface area contributed by atoms with E-state index < -0.39 is 11.7 Å². The minimum Gasteiger partial charge on any atom is -0.489 e. The molecule has 0 saturated heterocycles. The number of primary amides is 1. The Balaban J connectivity index is 1.52. The highest BCUT2D eigenvalue weighted by Crippen LogP contribution is 2.16. The van der Waals surface area contributed by atoms with Crippen LogP contribution in [0.4, 0.5) is 4.39 Å². The van der Waals surface area contributed by atoms with Gasteiger partial charge in [-0.25, -0.2) is 4.39 Å². The van der Waals surface area contributed by atoms with Gasteiger partial charge in [0.1, 0.15) is 23.9 Å². The lowest BCUT2D eigenvalue weighted by Gasteiger charge is -2.10. The first kappa shape index (κ1) is 21.0. The lowest BCUT2D eigenvalue weighted by molar-refractivity contribution is 0.0952. The first-order valence-corrected chi connectivity index (χ1v) is 9.43. The van der Waals surface area contributed by atoms with E-state index in [4.69, 9.17) is 10.5 Å². The molecule has 3 aromatic rings. The van der Waals surface area contributed by atoms with Crippen molar-refractivity contribution >= 4 is 11.8 Å². The molecule has 154 valence electrons. The number of nitrogens with zero attached hydrogens (tertiary/aromatic N) is 1. The Hall–Kier alpha value is -3.74. The van der Waals surface area contributed by atoms with Crippen LogP contribution >= 0.6 is 0 Å². The Labute approximate surface area is 173 Å². The summed E-state index contributed by atoms with van der Waals surface area (Å²) in [6, 6.07) is 15.3. The predicted octanol–water partition coefficient (Wildman–Crippen LogP) is 3.18. The van der Waals surface area contributed by atoms with Crippen LogP contribution in [0.5, 0.6) is 5.75 Å². The molecular formula is C23H22FN3O3. The van der Waals surface area contributed by atoms with E-state index in [9.17, 15) is 14.0 Å². The van der Waals surface area contributed by atoms with E-state index in [-0.39, 0.29) is 18.2 Å². The molecule has 1 aromatic heterocycles. The van der Waals surface area contributed by atoms with E-state index in [0.29, 0.717) is 29.8 Å². The number of nitrogens with two attached hydrogens (primary N) is 1. The zero-order valence-electron chi connectivity index (χ0n) is 16.5. The van der Waals surface area contributed by atoms with Crippen molar-refractivity contribution in [2.24, 2.45) is 5.73 Å². The molecule has 2 aromatic carbocycles. The molecule has 3 N–H and O–H groups in total. The number of rotatable bonds is 8. The highest BCUT2D eigenvalue weighted by atomic mass is 19.1. The molecule has 0 fully saturated rings. The van der Waals surface area contributed by atoms with Gasteiger partial charge >= 0.3 is 0 Å². The molecule has 0 unspecified atom stereocenters. The van der Waals surface area contributed by atoms with Crippen LogP contribution in [0.1, 0.15) is 37.5 Å².